The summed E-state index contributed by atoms with van der Waals surface area (Å²) in [4.78, 5) is 0. The molecule has 0 aromatic carbocycles. The largest absolute Gasteiger partial charge is 0.314 e. The molecule has 1 aromatic rings. The third kappa shape index (κ3) is 2.89. The summed E-state index contributed by atoms with van der Waals surface area (Å²) in [5.41, 5.74) is 2.34. The summed E-state index contributed by atoms with van der Waals surface area (Å²) in [5, 5.41) is 8.75. The van der Waals surface area contributed by atoms with Crippen molar-refractivity contribution in [3.05, 3.63) is 16.4 Å². The van der Waals surface area contributed by atoms with E-state index in [2.05, 4.69) is 31.2 Å². The van der Waals surface area contributed by atoms with Gasteiger partial charge in [0.15, 0.2) is 0 Å². The van der Waals surface area contributed by atoms with E-state index in [1.165, 1.54) is 18.4 Å². The number of halogens is 1. The predicted octanol–water partition coefficient (Wildman–Crippen LogP) is 2.95. The van der Waals surface area contributed by atoms with Gasteiger partial charge in [0, 0.05) is 18.7 Å². The standard InChI is InChI=1S/C14H24ClN3/c1-9(2)16-8-12-6-5-11(12)7-13-10(3)17-18(4)14(13)15/h9,11-12,16H,5-8H2,1-4H3. The molecule has 1 aliphatic rings. The highest BCUT2D eigenvalue weighted by molar-refractivity contribution is 6.30. The molecule has 102 valence electrons. The van der Waals surface area contributed by atoms with E-state index < -0.39 is 0 Å². The zero-order chi connectivity index (χ0) is 13.3. The molecule has 0 spiro atoms. The lowest BCUT2D eigenvalue weighted by molar-refractivity contribution is 0.167. The molecule has 1 N–H and O–H groups in total. The van der Waals surface area contributed by atoms with Gasteiger partial charge in [-0.25, -0.2) is 0 Å². The van der Waals surface area contributed by atoms with E-state index in [-0.39, 0.29) is 0 Å². The van der Waals surface area contributed by atoms with Crippen molar-refractivity contribution in [3.8, 4) is 0 Å². The normalized spacial score (nSPS) is 23.4. The van der Waals surface area contributed by atoms with Crippen molar-refractivity contribution >= 4 is 11.6 Å². The van der Waals surface area contributed by atoms with Crippen LogP contribution >= 0.6 is 11.6 Å². The summed E-state index contributed by atoms with van der Waals surface area (Å²) in [6, 6.07) is 0.579. The molecule has 0 aliphatic heterocycles. The molecule has 4 heteroatoms. The number of hydrogen-bond donors (Lipinski definition) is 1. The Balaban J connectivity index is 1.93. The maximum Gasteiger partial charge on any atom is 0.130 e. The molecule has 3 nitrogen and oxygen atoms in total. The number of nitrogens with one attached hydrogen (secondary N) is 1. The summed E-state index contributed by atoms with van der Waals surface area (Å²) in [6.45, 7) is 7.60. The fraction of sp³-hybridized carbons (Fsp3) is 0.786. The zero-order valence-corrected chi connectivity index (χ0v) is 12.6. The number of nitrogens with zero attached hydrogens (tertiary/aromatic N) is 2. The minimum Gasteiger partial charge on any atom is -0.314 e. The fourth-order valence-electron chi connectivity index (χ4n) is 2.73. The topological polar surface area (TPSA) is 29.9 Å². The van der Waals surface area contributed by atoms with Crippen molar-refractivity contribution in [1.82, 2.24) is 15.1 Å². The molecule has 18 heavy (non-hydrogen) atoms. The van der Waals surface area contributed by atoms with Crippen LogP contribution in [0.15, 0.2) is 0 Å². The lowest BCUT2D eigenvalue weighted by Gasteiger charge is -2.37. The Labute approximate surface area is 115 Å². The lowest BCUT2D eigenvalue weighted by atomic mass is 9.70. The van der Waals surface area contributed by atoms with Crippen molar-refractivity contribution in [3.63, 3.8) is 0 Å². The predicted molar refractivity (Wildman–Crippen MR) is 76.0 cm³/mol. The molecule has 0 saturated heterocycles. The second-order valence-corrected chi connectivity index (χ2v) is 6.20. The summed E-state index contributed by atoms with van der Waals surface area (Å²) < 4.78 is 1.78. The van der Waals surface area contributed by atoms with Gasteiger partial charge in [-0.05, 0) is 44.6 Å². The van der Waals surface area contributed by atoms with Crippen molar-refractivity contribution in [2.45, 2.75) is 46.1 Å². The van der Waals surface area contributed by atoms with Crippen molar-refractivity contribution in [2.24, 2.45) is 18.9 Å². The number of hydrogen-bond acceptors (Lipinski definition) is 2. The maximum atomic E-state index is 6.30. The SMILES string of the molecule is Cc1nn(C)c(Cl)c1CC1CCC1CNC(C)C. The summed E-state index contributed by atoms with van der Waals surface area (Å²) in [5.74, 6) is 1.58. The average molecular weight is 270 g/mol. The van der Waals surface area contributed by atoms with Gasteiger partial charge in [0.1, 0.15) is 5.15 Å². The highest BCUT2D eigenvalue weighted by atomic mass is 35.5. The lowest BCUT2D eigenvalue weighted by Crippen LogP contribution is -2.38. The Morgan fingerprint density at radius 1 is 1.39 bits per heavy atom. The van der Waals surface area contributed by atoms with Crippen molar-refractivity contribution in [2.75, 3.05) is 6.54 Å². The van der Waals surface area contributed by atoms with Gasteiger partial charge in [-0.2, -0.15) is 5.10 Å². The third-order valence-electron chi connectivity index (χ3n) is 4.10. The molecule has 1 heterocycles. The Kier molecular flexibility index (Phi) is 4.33. The van der Waals surface area contributed by atoms with Crippen LogP contribution < -0.4 is 5.32 Å². The molecular weight excluding hydrogens is 246 g/mol. The zero-order valence-electron chi connectivity index (χ0n) is 11.8. The first kappa shape index (κ1) is 13.9. The molecular formula is C14H24ClN3. The number of rotatable bonds is 5. The van der Waals surface area contributed by atoms with Crippen LogP contribution in [0.5, 0.6) is 0 Å². The Morgan fingerprint density at radius 3 is 2.50 bits per heavy atom. The van der Waals surface area contributed by atoms with Crippen LogP contribution in [0.1, 0.15) is 37.9 Å². The van der Waals surface area contributed by atoms with Gasteiger partial charge in [-0.3, -0.25) is 4.68 Å². The van der Waals surface area contributed by atoms with Crippen LogP contribution in [-0.4, -0.2) is 22.4 Å². The quantitative estimate of drug-likeness (QED) is 0.891. The Bertz CT molecular complexity index is 411. The van der Waals surface area contributed by atoms with Gasteiger partial charge < -0.3 is 5.32 Å². The Hall–Kier alpha value is -0.540. The molecule has 2 unspecified atom stereocenters. The van der Waals surface area contributed by atoms with Gasteiger partial charge in [0.2, 0.25) is 0 Å². The van der Waals surface area contributed by atoms with Gasteiger partial charge in [0.05, 0.1) is 5.69 Å². The minimum absolute atomic E-state index is 0.579. The van der Waals surface area contributed by atoms with Gasteiger partial charge in [-0.15, -0.1) is 0 Å². The first-order chi connectivity index (χ1) is 8.49. The van der Waals surface area contributed by atoms with Crippen LogP contribution in [-0.2, 0) is 13.5 Å². The monoisotopic (exact) mass is 269 g/mol. The van der Waals surface area contributed by atoms with Crippen LogP contribution in [0.25, 0.3) is 0 Å². The first-order valence-corrected chi connectivity index (χ1v) is 7.28. The molecule has 0 radical (unpaired) electrons. The highest BCUT2D eigenvalue weighted by Gasteiger charge is 2.32. The van der Waals surface area contributed by atoms with E-state index in [0.717, 1.165) is 35.6 Å². The molecule has 0 amide bonds. The van der Waals surface area contributed by atoms with E-state index in [1.54, 1.807) is 4.68 Å². The van der Waals surface area contributed by atoms with E-state index in [4.69, 9.17) is 11.6 Å². The Morgan fingerprint density at radius 2 is 2.06 bits per heavy atom. The summed E-state index contributed by atoms with van der Waals surface area (Å²) >= 11 is 6.30. The molecule has 1 saturated carbocycles. The second kappa shape index (κ2) is 5.62. The fourth-order valence-corrected chi connectivity index (χ4v) is 2.98. The molecule has 1 aliphatic carbocycles. The van der Waals surface area contributed by atoms with E-state index in [1.807, 2.05) is 7.05 Å². The number of aromatic nitrogens is 2. The smallest absolute Gasteiger partial charge is 0.130 e. The average Bonchev–Trinajstić information content (AvgIpc) is 2.49. The van der Waals surface area contributed by atoms with E-state index >= 15 is 0 Å². The van der Waals surface area contributed by atoms with Gasteiger partial charge >= 0.3 is 0 Å². The molecule has 0 bridgehead atoms. The summed E-state index contributed by atoms with van der Waals surface area (Å²) in [6.07, 6.45) is 3.76. The van der Waals surface area contributed by atoms with Crippen LogP contribution in [0.3, 0.4) is 0 Å². The van der Waals surface area contributed by atoms with Crippen LogP contribution in [0, 0.1) is 18.8 Å². The minimum atomic E-state index is 0.579. The highest BCUT2D eigenvalue weighted by Crippen LogP contribution is 2.38. The maximum absolute atomic E-state index is 6.30. The molecule has 1 aromatic heterocycles. The van der Waals surface area contributed by atoms with Crippen LogP contribution in [0.2, 0.25) is 5.15 Å². The van der Waals surface area contributed by atoms with Crippen molar-refractivity contribution < 1.29 is 0 Å². The van der Waals surface area contributed by atoms with E-state index in [0.29, 0.717) is 6.04 Å². The van der Waals surface area contributed by atoms with Gasteiger partial charge in [-0.1, -0.05) is 25.4 Å². The molecule has 2 rings (SSSR count). The van der Waals surface area contributed by atoms with Gasteiger partial charge in [0.25, 0.3) is 0 Å². The van der Waals surface area contributed by atoms with Crippen LogP contribution in [0.4, 0.5) is 0 Å². The first-order valence-electron chi connectivity index (χ1n) is 6.90. The molecule has 2 atom stereocenters. The second-order valence-electron chi connectivity index (χ2n) is 5.84. The third-order valence-corrected chi connectivity index (χ3v) is 4.57. The summed E-state index contributed by atoms with van der Waals surface area (Å²) in [7, 11) is 1.91. The molecule has 1 fully saturated rings. The van der Waals surface area contributed by atoms with Crippen molar-refractivity contribution in [1.29, 1.82) is 0 Å². The number of aryl methyl sites for hydroxylation is 2. The van der Waals surface area contributed by atoms with E-state index in [9.17, 15) is 0 Å².